The summed E-state index contributed by atoms with van der Waals surface area (Å²) in [5.74, 6) is 0.0643. The van der Waals surface area contributed by atoms with Crippen LogP contribution in [0.2, 0.25) is 5.02 Å². The number of aromatic hydroxyl groups is 1. The van der Waals surface area contributed by atoms with Crippen LogP contribution in [-0.2, 0) is 4.79 Å². The minimum Gasteiger partial charge on any atom is -0.503 e. The second-order valence-corrected chi connectivity index (χ2v) is 4.59. The summed E-state index contributed by atoms with van der Waals surface area (Å²) in [7, 11) is 0. The molecule has 0 unspecified atom stereocenters. The van der Waals surface area contributed by atoms with Crippen LogP contribution in [0.15, 0.2) is 17.2 Å². The third-order valence-corrected chi connectivity index (χ3v) is 2.80. The van der Waals surface area contributed by atoms with E-state index in [-0.39, 0.29) is 16.7 Å². The fourth-order valence-electron chi connectivity index (χ4n) is 1.51. The monoisotopic (exact) mass is 298 g/mol. The minimum absolute atomic E-state index is 0.0994. The molecule has 0 fully saturated rings. The van der Waals surface area contributed by atoms with Crippen LogP contribution in [0.25, 0.3) is 0 Å². The smallest absolute Gasteiger partial charge is 0.240 e. The van der Waals surface area contributed by atoms with E-state index in [0.717, 1.165) is 12.8 Å². The molecule has 0 atom stereocenters. The zero-order chi connectivity index (χ0) is 15.0. The lowest BCUT2D eigenvalue weighted by Crippen LogP contribution is -2.16. The van der Waals surface area contributed by atoms with Crippen LogP contribution in [0, 0.1) is 0 Å². The number of unbranched alkanes of at least 4 members (excludes halogenated alkanes) is 1. The average molecular weight is 299 g/mol. The lowest BCUT2D eigenvalue weighted by atomic mass is 10.2. The molecule has 0 aliphatic heterocycles. The van der Waals surface area contributed by atoms with E-state index in [4.69, 9.17) is 16.3 Å². The van der Waals surface area contributed by atoms with Crippen molar-refractivity contribution in [2.75, 3.05) is 6.61 Å². The third-order valence-electron chi connectivity index (χ3n) is 2.51. The van der Waals surface area contributed by atoms with Gasteiger partial charge in [-0.3, -0.25) is 4.79 Å². The van der Waals surface area contributed by atoms with Gasteiger partial charge in [0.15, 0.2) is 11.5 Å². The lowest BCUT2D eigenvalue weighted by Gasteiger charge is -2.08. The highest BCUT2D eigenvalue weighted by molar-refractivity contribution is 6.32. The Morgan fingerprint density at radius 2 is 2.25 bits per heavy atom. The molecule has 110 valence electrons. The summed E-state index contributed by atoms with van der Waals surface area (Å²) in [6.07, 6.45) is 3.70. The molecule has 2 N–H and O–H groups in total. The molecule has 1 amide bonds. The highest BCUT2D eigenvalue weighted by Crippen LogP contribution is 2.34. The molecular formula is C14H19ClN2O3. The summed E-state index contributed by atoms with van der Waals surface area (Å²) >= 11 is 5.89. The second-order valence-electron chi connectivity index (χ2n) is 4.18. The average Bonchev–Trinajstić information content (AvgIpc) is 2.42. The molecule has 1 aromatic rings. The molecule has 0 saturated carbocycles. The van der Waals surface area contributed by atoms with Gasteiger partial charge in [0, 0.05) is 6.42 Å². The molecule has 0 radical (unpaired) electrons. The Bertz CT molecular complexity index is 490. The van der Waals surface area contributed by atoms with Crippen molar-refractivity contribution in [2.24, 2.45) is 5.10 Å². The number of benzene rings is 1. The van der Waals surface area contributed by atoms with Gasteiger partial charge >= 0.3 is 0 Å². The minimum atomic E-state index is -0.127. The van der Waals surface area contributed by atoms with E-state index in [9.17, 15) is 9.90 Å². The van der Waals surface area contributed by atoms with Crippen molar-refractivity contribution in [3.05, 3.63) is 22.7 Å². The molecule has 0 aromatic heterocycles. The second kappa shape index (κ2) is 8.43. The Morgan fingerprint density at radius 1 is 1.50 bits per heavy atom. The van der Waals surface area contributed by atoms with E-state index in [1.165, 1.54) is 6.21 Å². The summed E-state index contributed by atoms with van der Waals surface area (Å²) in [6, 6.07) is 3.15. The highest BCUT2D eigenvalue weighted by Gasteiger charge is 2.08. The lowest BCUT2D eigenvalue weighted by molar-refractivity contribution is -0.121. The number of nitrogens with one attached hydrogen (secondary N) is 1. The number of hydrogen-bond donors (Lipinski definition) is 2. The standard InChI is InChI=1S/C14H19ClN2O3/c1-3-5-6-13(18)17-16-9-10-7-11(15)14(19)12(8-10)20-4-2/h7-9,19H,3-6H2,1-2H3,(H,17,18)/b16-9+. The van der Waals surface area contributed by atoms with Crippen LogP contribution in [0.5, 0.6) is 11.5 Å². The third kappa shape index (κ3) is 5.09. The maximum absolute atomic E-state index is 11.4. The van der Waals surface area contributed by atoms with E-state index in [1.54, 1.807) is 12.1 Å². The van der Waals surface area contributed by atoms with E-state index >= 15 is 0 Å². The predicted octanol–water partition coefficient (Wildman–Crippen LogP) is 3.08. The van der Waals surface area contributed by atoms with Crippen molar-refractivity contribution in [3.8, 4) is 11.5 Å². The molecule has 1 rings (SSSR count). The number of hydrazone groups is 1. The molecule has 0 aliphatic rings. The van der Waals surface area contributed by atoms with Gasteiger partial charge in [-0.15, -0.1) is 0 Å². The van der Waals surface area contributed by atoms with E-state index in [0.29, 0.717) is 24.3 Å². The Hall–Kier alpha value is -1.75. The summed E-state index contributed by atoms with van der Waals surface area (Å²) in [5.41, 5.74) is 3.07. The highest BCUT2D eigenvalue weighted by atomic mass is 35.5. The van der Waals surface area contributed by atoms with Gasteiger partial charge in [-0.1, -0.05) is 24.9 Å². The van der Waals surface area contributed by atoms with Gasteiger partial charge in [-0.2, -0.15) is 5.10 Å². The van der Waals surface area contributed by atoms with Gasteiger partial charge in [-0.25, -0.2) is 5.43 Å². The zero-order valence-corrected chi connectivity index (χ0v) is 12.4. The number of carbonyl (C=O) groups excluding carboxylic acids is 1. The number of hydrogen-bond acceptors (Lipinski definition) is 4. The fraction of sp³-hybridized carbons (Fsp3) is 0.429. The van der Waals surface area contributed by atoms with Crippen LogP contribution in [0.3, 0.4) is 0 Å². The first-order valence-electron chi connectivity index (χ1n) is 6.55. The van der Waals surface area contributed by atoms with Crippen LogP contribution < -0.4 is 10.2 Å². The number of halogens is 1. The normalized spacial score (nSPS) is 10.8. The number of phenols is 1. The van der Waals surface area contributed by atoms with Crippen LogP contribution in [0.1, 0.15) is 38.7 Å². The van der Waals surface area contributed by atoms with Crippen molar-refractivity contribution in [2.45, 2.75) is 33.1 Å². The van der Waals surface area contributed by atoms with Gasteiger partial charge in [0.25, 0.3) is 0 Å². The van der Waals surface area contributed by atoms with Gasteiger partial charge in [-0.05, 0) is 31.0 Å². The van der Waals surface area contributed by atoms with Gasteiger partial charge in [0.1, 0.15) is 0 Å². The number of carbonyl (C=O) groups is 1. The zero-order valence-electron chi connectivity index (χ0n) is 11.6. The van der Waals surface area contributed by atoms with Crippen molar-refractivity contribution in [1.29, 1.82) is 0 Å². The Labute approximate surface area is 123 Å². The summed E-state index contributed by atoms with van der Waals surface area (Å²) < 4.78 is 5.26. The number of ether oxygens (including phenoxy) is 1. The van der Waals surface area contributed by atoms with E-state index in [1.807, 2.05) is 13.8 Å². The molecule has 0 bridgehead atoms. The molecule has 6 heteroatoms. The van der Waals surface area contributed by atoms with Gasteiger partial charge < -0.3 is 9.84 Å². The predicted molar refractivity (Wildman–Crippen MR) is 79.5 cm³/mol. The van der Waals surface area contributed by atoms with E-state index < -0.39 is 0 Å². The SMILES string of the molecule is CCCCC(=O)N/N=C/c1cc(Cl)c(O)c(OCC)c1. The first-order chi connectivity index (χ1) is 9.58. The van der Waals surface area contributed by atoms with Crippen molar-refractivity contribution in [3.63, 3.8) is 0 Å². The Balaban J connectivity index is 2.70. The maximum Gasteiger partial charge on any atom is 0.240 e. The van der Waals surface area contributed by atoms with E-state index in [2.05, 4.69) is 10.5 Å². The first-order valence-corrected chi connectivity index (χ1v) is 6.93. The van der Waals surface area contributed by atoms with Crippen molar-refractivity contribution < 1.29 is 14.6 Å². The molecule has 1 aromatic carbocycles. The molecule has 5 nitrogen and oxygen atoms in total. The number of amides is 1. The summed E-state index contributed by atoms with van der Waals surface area (Å²) in [4.78, 5) is 11.4. The van der Waals surface area contributed by atoms with Crippen molar-refractivity contribution in [1.82, 2.24) is 5.43 Å². The molecule has 0 aliphatic carbocycles. The molecule has 0 saturated heterocycles. The maximum atomic E-state index is 11.4. The number of rotatable bonds is 7. The van der Waals surface area contributed by atoms with Crippen LogP contribution in [0.4, 0.5) is 0 Å². The molecule has 20 heavy (non-hydrogen) atoms. The molecule has 0 heterocycles. The summed E-state index contributed by atoms with van der Waals surface area (Å²) in [6.45, 7) is 4.24. The molecular weight excluding hydrogens is 280 g/mol. The van der Waals surface area contributed by atoms with Gasteiger partial charge in [0.05, 0.1) is 17.8 Å². The fourth-order valence-corrected chi connectivity index (χ4v) is 1.73. The largest absolute Gasteiger partial charge is 0.503 e. The number of phenolic OH excluding ortho intramolecular Hbond substituents is 1. The number of nitrogens with zero attached hydrogens (tertiary/aromatic N) is 1. The topological polar surface area (TPSA) is 70.9 Å². The van der Waals surface area contributed by atoms with Gasteiger partial charge in [0.2, 0.25) is 5.91 Å². The Kier molecular flexibility index (Phi) is 6.87. The summed E-state index contributed by atoms with van der Waals surface area (Å²) in [5, 5.41) is 13.7. The first kappa shape index (κ1) is 16.3. The Morgan fingerprint density at radius 3 is 2.90 bits per heavy atom. The van der Waals surface area contributed by atoms with Crippen LogP contribution >= 0.6 is 11.6 Å². The van der Waals surface area contributed by atoms with Crippen molar-refractivity contribution >= 4 is 23.7 Å². The molecule has 0 spiro atoms. The quantitative estimate of drug-likeness (QED) is 0.600. The van der Waals surface area contributed by atoms with Crippen LogP contribution in [-0.4, -0.2) is 23.8 Å².